The molecule has 0 aliphatic rings. The fraction of sp³-hybridized carbons (Fsp3) is 0.273. The maximum Gasteiger partial charge on any atom is 0.240 e. The number of rotatable bonds is 9. The molecule has 30 heavy (non-hydrogen) atoms. The van der Waals surface area contributed by atoms with Gasteiger partial charge in [0.15, 0.2) is 0 Å². The lowest BCUT2D eigenvalue weighted by Crippen LogP contribution is -2.23. The molecule has 0 fully saturated rings. The van der Waals surface area contributed by atoms with Gasteiger partial charge >= 0.3 is 0 Å². The van der Waals surface area contributed by atoms with Gasteiger partial charge in [0.2, 0.25) is 20.0 Å². The van der Waals surface area contributed by atoms with Crippen LogP contribution in [0.25, 0.3) is 0 Å². The van der Waals surface area contributed by atoms with Crippen LogP contribution in [0, 0.1) is 13.8 Å². The van der Waals surface area contributed by atoms with Gasteiger partial charge in [0.05, 0.1) is 9.79 Å². The van der Waals surface area contributed by atoms with E-state index in [1.165, 1.54) is 6.08 Å². The molecule has 0 atom stereocenters. The van der Waals surface area contributed by atoms with Crippen molar-refractivity contribution in [1.29, 1.82) is 0 Å². The third-order valence-corrected chi connectivity index (χ3v) is 6.75. The van der Waals surface area contributed by atoms with E-state index in [9.17, 15) is 16.8 Å². The number of benzene rings is 2. The van der Waals surface area contributed by atoms with E-state index in [-0.39, 0.29) is 11.4 Å². The van der Waals surface area contributed by atoms with Crippen LogP contribution in [-0.2, 0) is 20.0 Å². The van der Waals surface area contributed by atoms with Crippen LogP contribution < -0.4 is 9.44 Å². The molecule has 2 N–H and O–H groups in total. The van der Waals surface area contributed by atoms with Gasteiger partial charge in [-0.15, -0.1) is 6.58 Å². The Labute approximate surface area is 180 Å². The van der Waals surface area contributed by atoms with Gasteiger partial charge in [-0.05, 0) is 44.5 Å². The minimum Gasteiger partial charge on any atom is -0.207 e. The average Bonchev–Trinajstić information content (AvgIpc) is 2.71. The Balaban J connectivity index is 0.000000303. The first-order valence-corrected chi connectivity index (χ1v) is 12.5. The third kappa shape index (κ3) is 9.04. The summed E-state index contributed by atoms with van der Waals surface area (Å²) in [5.74, 6) is 0. The Morgan fingerprint density at radius 3 is 1.50 bits per heavy atom. The monoisotopic (exact) mass is 450 g/mol. The van der Waals surface area contributed by atoms with E-state index < -0.39 is 20.0 Å². The molecule has 2 aromatic rings. The minimum atomic E-state index is -3.36. The number of hydrogen-bond donors (Lipinski definition) is 2. The van der Waals surface area contributed by atoms with Crippen LogP contribution in [-0.4, -0.2) is 29.9 Å². The maximum atomic E-state index is 11.8. The maximum absolute atomic E-state index is 11.8. The number of allylic oxidation sites excluding steroid dienone is 1. The topological polar surface area (TPSA) is 92.3 Å². The van der Waals surface area contributed by atoms with Crippen molar-refractivity contribution in [3.63, 3.8) is 0 Å². The van der Waals surface area contributed by atoms with E-state index >= 15 is 0 Å². The summed E-state index contributed by atoms with van der Waals surface area (Å²) in [4.78, 5) is 0.591. The molecule has 2 aromatic carbocycles. The molecular formula is C22H30N2O4S2. The van der Waals surface area contributed by atoms with E-state index in [2.05, 4.69) is 16.0 Å². The van der Waals surface area contributed by atoms with Crippen molar-refractivity contribution in [2.45, 2.75) is 37.0 Å². The summed E-state index contributed by atoms with van der Waals surface area (Å²) >= 11 is 0. The molecule has 0 spiro atoms. The van der Waals surface area contributed by atoms with Crippen molar-refractivity contribution in [1.82, 2.24) is 9.44 Å². The summed E-state index contributed by atoms with van der Waals surface area (Å²) in [6, 6.07) is 13.5. The van der Waals surface area contributed by atoms with Gasteiger partial charge in [-0.25, -0.2) is 26.3 Å². The van der Waals surface area contributed by atoms with Crippen LogP contribution >= 0.6 is 0 Å². The molecule has 8 heteroatoms. The van der Waals surface area contributed by atoms with Crippen LogP contribution in [0.4, 0.5) is 0 Å². The van der Waals surface area contributed by atoms with Gasteiger partial charge in [0, 0.05) is 13.1 Å². The highest BCUT2D eigenvalue weighted by atomic mass is 32.2. The van der Waals surface area contributed by atoms with Gasteiger partial charge < -0.3 is 0 Å². The lowest BCUT2D eigenvalue weighted by molar-refractivity contribution is 0.584. The van der Waals surface area contributed by atoms with Gasteiger partial charge in [-0.3, -0.25) is 0 Å². The fourth-order valence-electron chi connectivity index (χ4n) is 2.18. The predicted molar refractivity (Wildman–Crippen MR) is 122 cm³/mol. The van der Waals surface area contributed by atoms with Crippen LogP contribution in [0.3, 0.4) is 0 Å². The number of nitrogens with one attached hydrogen (secondary N) is 2. The molecule has 0 bridgehead atoms. The highest BCUT2D eigenvalue weighted by Gasteiger charge is 2.12. The molecule has 0 aromatic heterocycles. The molecule has 2 rings (SSSR count). The summed E-state index contributed by atoms with van der Waals surface area (Å²) < 4.78 is 51.5. The van der Waals surface area contributed by atoms with Crippen molar-refractivity contribution >= 4 is 20.0 Å². The zero-order valence-corrected chi connectivity index (χ0v) is 19.3. The Kier molecular flexibility index (Phi) is 10.7. The molecule has 0 unspecified atom stereocenters. The highest BCUT2D eigenvalue weighted by Crippen LogP contribution is 2.10. The Morgan fingerprint density at radius 1 is 0.733 bits per heavy atom. The molecule has 0 heterocycles. The van der Waals surface area contributed by atoms with Gasteiger partial charge in [-0.2, -0.15) is 0 Å². The Bertz CT molecular complexity index is 1030. The molecule has 164 valence electrons. The number of aryl methyl sites for hydroxylation is 2. The minimum absolute atomic E-state index is 0.246. The lowest BCUT2D eigenvalue weighted by atomic mass is 10.2. The number of sulfonamides is 2. The molecule has 0 radical (unpaired) electrons. The first kappa shape index (κ1) is 25.8. The first-order valence-electron chi connectivity index (χ1n) is 9.51. The smallest absolute Gasteiger partial charge is 0.207 e. The van der Waals surface area contributed by atoms with Gasteiger partial charge in [-0.1, -0.05) is 60.5 Å². The average molecular weight is 451 g/mol. The Hall–Kier alpha value is -2.26. The van der Waals surface area contributed by atoms with Crippen LogP contribution in [0.15, 0.2) is 83.1 Å². The predicted octanol–water partition coefficient (Wildman–Crippen LogP) is 3.70. The van der Waals surface area contributed by atoms with Crippen LogP contribution in [0.5, 0.6) is 0 Å². The normalized spacial score (nSPS) is 11.7. The van der Waals surface area contributed by atoms with E-state index in [1.807, 2.05) is 32.9 Å². The molecule has 0 amide bonds. The summed E-state index contributed by atoms with van der Waals surface area (Å²) in [6.07, 6.45) is 6.15. The molecule has 0 aliphatic heterocycles. The lowest BCUT2D eigenvalue weighted by Gasteiger charge is -2.04. The SMILES string of the molecule is C=CCNS(=O)(=O)c1ccc(C)cc1.CCC=CCNS(=O)(=O)c1ccc(C)cc1. The Morgan fingerprint density at radius 2 is 1.13 bits per heavy atom. The van der Waals surface area contributed by atoms with Crippen molar-refractivity contribution < 1.29 is 16.8 Å². The second-order valence-electron chi connectivity index (χ2n) is 6.50. The van der Waals surface area contributed by atoms with E-state index in [0.29, 0.717) is 11.4 Å². The fourth-order valence-corrected chi connectivity index (χ4v) is 4.15. The van der Waals surface area contributed by atoms with Crippen molar-refractivity contribution in [3.05, 3.63) is 84.5 Å². The van der Waals surface area contributed by atoms with Crippen LogP contribution in [0.1, 0.15) is 24.5 Å². The quantitative estimate of drug-likeness (QED) is 0.570. The summed E-state index contributed by atoms with van der Waals surface area (Å²) in [5.41, 5.74) is 2.08. The van der Waals surface area contributed by atoms with Crippen molar-refractivity contribution in [2.75, 3.05) is 13.1 Å². The second-order valence-corrected chi connectivity index (χ2v) is 10.0. The number of hydrogen-bond acceptors (Lipinski definition) is 4. The zero-order valence-electron chi connectivity index (χ0n) is 17.6. The molecule has 0 aliphatic carbocycles. The molecule has 0 saturated heterocycles. The molecule has 0 saturated carbocycles. The summed E-state index contributed by atoms with van der Waals surface area (Å²) in [7, 11) is -6.72. The van der Waals surface area contributed by atoms with Crippen LogP contribution in [0.2, 0.25) is 0 Å². The summed E-state index contributed by atoms with van der Waals surface area (Å²) in [6.45, 7) is 9.87. The van der Waals surface area contributed by atoms with E-state index in [4.69, 9.17) is 0 Å². The zero-order chi connectivity index (χ0) is 22.6. The van der Waals surface area contributed by atoms with Gasteiger partial charge in [0.25, 0.3) is 0 Å². The largest absolute Gasteiger partial charge is 0.240 e. The molecular weight excluding hydrogens is 420 g/mol. The third-order valence-electron chi connectivity index (χ3n) is 3.87. The van der Waals surface area contributed by atoms with Crippen molar-refractivity contribution in [2.24, 2.45) is 0 Å². The summed E-state index contributed by atoms with van der Waals surface area (Å²) in [5, 5.41) is 0. The highest BCUT2D eigenvalue weighted by molar-refractivity contribution is 7.89. The van der Waals surface area contributed by atoms with Crippen molar-refractivity contribution in [3.8, 4) is 0 Å². The first-order chi connectivity index (χ1) is 14.1. The standard InChI is InChI=1S/C12H17NO2S.C10H13NO2S/c1-3-4-5-10-13-16(14,15)12-8-6-11(2)7-9-12;1-3-8-11-14(12,13)10-6-4-9(2)5-7-10/h4-9,13H,3,10H2,1-2H3;3-7,11H,1,8H2,2H3. The molecule has 6 nitrogen and oxygen atoms in total. The van der Waals surface area contributed by atoms with E-state index in [0.717, 1.165) is 17.5 Å². The van der Waals surface area contributed by atoms with E-state index in [1.54, 1.807) is 48.5 Å². The second kappa shape index (κ2) is 12.4. The van der Waals surface area contributed by atoms with Gasteiger partial charge in [0.1, 0.15) is 0 Å².